The van der Waals surface area contributed by atoms with Crippen LogP contribution in [-0.2, 0) is 11.3 Å². The molecule has 0 saturated carbocycles. The van der Waals surface area contributed by atoms with Crippen LogP contribution in [0.25, 0.3) is 0 Å². The Hall–Kier alpha value is -1.59. The number of hydrogen-bond acceptors (Lipinski definition) is 3. The molecule has 1 aromatic heterocycles. The summed E-state index contributed by atoms with van der Waals surface area (Å²) >= 11 is 7.00. The molecular weight excluding hydrogens is 582 g/mol. The Balaban J connectivity index is 0.00000122. The monoisotopic (exact) mass is 611 g/mol. The second kappa shape index (κ2) is 12.8. The Morgan fingerprint density at radius 1 is 0.667 bits per heavy atom. The molecule has 0 saturated heterocycles. The fourth-order valence-corrected chi connectivity index (χ4v) is 3.99. The number of benzene rings is 2. The van der Waals surface area contributed by atoms with Gasteiger partial charge in [0, 0.05) is 0 Å². The molecule has 33 heavy (non-hydrogen) atoms. The van der Waals surface area contributed by atoms with Crippen LogP contribution in [0.4, 0.5) is 11.4 Å². The third-order valence-corrected chi connectivity index (χ3v) is 5.32. The molecule has 0 aliphatic heterocycles. The third-order valence-electron chi connectivity index (χ3n) is 5.32. The molecule has 0 fully saturated rings. The van der Waals surface area contributed by atoms with Gasteiger partial charge in [0.2, 0.25) is 0 Å². The van der Waals surface area contributed by atoms with Crippen LogP contribution in [0.2, 0.25) is 0 Å². The Kier molecular flexibility index (Phi) is 10.7. The van der Waals surface area contributed by atoms with Crippen LogP contribution in [0.1, 0.15) is 58.6 Å². The molecule has 0 unspecified atom stereocenters. The molecule has 0 aliphatic rings. The average molecular weight is 613 g/mol. The number of hydrogen-bond donors (Lipinski definition) is 0. The summed E-state index contributed by atoms with van der Waals surface area (Å²) in [7, 11) is 0. The summed E-state index contributed by atoms with van der Waals surface area (Å²) in [5, 5.41) is 0. The zero-order valence-corrected chi connectivity index (χ0v) is 24.8. The quantitative estimate of drug-likeness (QED) is 0.214. The van der Waals surface area contributed by atoms with Gasteiger partial charge in [-0.3, -0.25) is 9.98 Å². The first-order valence-electron chi connectivity index (χ1n) is 10.7. The van der Waals surface area contributed by atoms with Gasteiger partial charge in [-0.1, -0.05) is 41.5 Å². The van der Waals surface area contributed by atoms with E-state index in [0.717, 1.165) is 45.5 Å². The fourth-order valence-electron chi connectivity index (χ4n) is 3.99. The molecular formula is C27H31Br2FeN3. The van der Waals surface area contributed by atoms with Crippen molar-refractivity contribution in [2.75, 3.05) is 0 Å². The number of halogens is 2. The van der Waals surface area contributed by atoms with Crippen molar-refractivity contribution in [3.05, 3.63) is 87.2 Å². The molecule has 0 bridgehead atoms. The van der Waals surface area contributed by atoms with Gasteiger partial charge in [-0.25, -0.2) is 4.98 Å². The first-order valence-corrected chi connectivity index (χ1v) is 16.1. The summed E-state index contributed by atoms with van der Waals surface area (Å²) in [6.07, 6.45) is 0. The predicted octanol–water partition coefficient (Wildman–Crippen LogP) is 8.90. The Morgan fingerprint density at radius 3 is 1.27 bits per heavy atom. The number of aryl methyl sites for hydroxylation is 6. The van der Waals surface area contributed by atoms with Crippen LogP contribution in [-0.4, -0.2) is 16.4 Å². The van der Waals surface area contributed by atoms with Crippen molar-refractivity contribution < 1.29 is 11.3 Å². The molecule has 0 atom stereocenters. The van der Waals surface area contributed by atoms with Gasteiger partial charge in [-0.2, -0.15) is 0 Å². The van der Waals surface area contributed by atoms with E-state index in [4.69, 9.17) is 15.0 Å². The summed E-state index contributed by atoms with van der Waals surface area (Å²) in [5.41, 5.74) is 12.9. The molecule has 3 aromatic rings. The van der Waals surface area contributed by atoms with Gasteiger partial charge in [-0.15, -0.1) is 0 Å². The standard InChI is InChI=1S/C27H31N3.2BrH.Fe/c1-16-12-18(3)26(19(4)13-16)28-22(7)24-10-9-11-25(30-24)23(8)29-27-20(5)14-17(2)15-21(27)6;;;/h9-15H,1-8H3;2*1H;/q;;;+2/p-2. The van der Waals surface area contributed by atoms with Crippen molar-refractivity contribution in [2.24, 2.45) is 9.98 Å². The van der Waals surface area contributed by atoms with Crippen molar-refractivity contribution in [2.45, 2.75) is 55.4 Å². The van der Waals surface area contributed by atoms with Gasteiger partial charge in [-0.05, 0) is 89.8 Å². The van der Waals surface area contributed by atoms with Crippen molar-refractivity contribution in [1.29, 1.82) is 0 Å². The Labute approximate surface area is 218 Å². The topological polar surface area (TPSA) is 37.6 Å². The Morgan fingerprint density at radius 2 is 0.970 bits per heavy atom. The molecule has 2 aromatic carbocycles. The minimum absolute atomic E-state index is 0.874. The van der Waals surface area contributed by atoms with E-state index in [9.17, 15) is 0 Å². The van der Waals surface area contributed by atoms with E-state index in [2.05, 4.69) is 94.0 Å². The normalized spacial score (nSPS) is 11.9. The first-order chi connectivity index (χ1) is 15.6. The SMILES string of the molecule is CC(=Nc1c(C)cc(C)cc1C)c1cccc(C(C)=Nc2c(C)cc(C)cc2C)n1.[Br][Fe][Br]. The third kappa shape index (κ3) is 7.71. The van der Waals surface area contributed by atoms with Gasteiger partial charge in [0.25, 0.3) is 0 Å². The summed E-state index contributed by atoms with van der Waals surface area (Å²) in [6, 6.07) is 14.7. The van der Waals surface area contributed by atoms with E-state index in [1.54, 1.807) is 0 Å². The molecule has 0 spiro atoms. The zero-order valence-electron chi connectivity index (χ0n) is 20.5. The predicted molar refractivity (Wildman–Crippen MR) is 147 cm³/mol. The maximum absolute atomic E-state index is 4.91. The van der Waals surface area contributed by atoms with E-state index >= 15 is 0 Å². The van der Waals surface area contributed by atoms with Crippen molar-refractivity contribution in [1.82, 2.24) is 4.98 Å². The van der Waals surface area contributed by atoms with Gasteiger partial charge in [0.1, 0.15) is 0 Å². The molecule has 0 radical (unpaired) electrons. The van der Waals surface area contributed by atoms with Crippen molar-refractivity contribution in [3.63, 3.8) is 0 Å². The van der Waals surface area contributed by atoms with Crippen molar-refractivity contribution >= 4 is 51.0 Å². The van der Waals surface area contributed by atoms with Crippen molar-refractivity contribution in [3.8, 4) is 0 Å². The summed E-state index contributed by atoms with van der Waals surface area (Å²) < 4.78 is 0. The van der Waals surface area contributed by atoms with Gasteiger partial charge >= 0.3 is 39.6 Å². The summed E-state index contributed by atoms with van der Waals surface area (Å²) in [5.74, 6) is 0. The summed E-state index contributed by atoms with van der Waals surface area (Å²) in [6.45, 7) is 16.7. The maximum atomic E-state index is 4.91. The van der Waals surface area contributed by atoms with Gasteiger partial charge in [0.15, 0.2) is 0 Å². The molecule has 0 N–H and O–H groups in total. The molecule has 3 nitrogen and oxygen atoms in total. The number of nitrogens with zero attached hydrogens (tertiary/aromatic N) is 3. The zero-order chi connectivity index (χ0) is 24.7. The van der Waals surface area contributed by atoms with E-state index in [0.29, 0.717) is 0 Å². The average Bonchev–Trinajstić information content (AvgIpc) is 2.73. The summed E-state index contributed by atoms with van der Waals surface area (Å²) in [4.78, 5) is 14.7. The molecule has 176 valence electrons. The second-order valence-corrected chi connectivity index (χ2v) is 13.9. The van der Waals surface area contributed by atoms with Gasteiger partial charge in [0.05, 0.1) is 34.2 Å². The van der Waals surface area contributed by atoms with E-state index in [-0.39, 0.29) is 0 Å². The van der Waals surface area contributed by atoms with E-state index < -0.39 is 0 Å². The van der Waals surface area contributed by atoms with Crippen LogP contribution in [0.15, 0.2) is 52.4 Å². The van der Waals surface area contributed by atoms with Gasteiger partial charge < -0.3 is 0 Å². The molecule has 1 heterocycles. The number of rotatable bonds is 4. The molecule has 3 rings (SSSR count). The van der Waals surface area contributed by atoms with E-state index in [1.165, 1.54) is 33.4 Å². The van der Waals surface area contributed by atoms with E-state index in [1.807, 2.05) is 32.0 Å². The van der Waals surface area contributed by atoms with Crippen LogP contribution in [0.3, 0.4) is 0 Å². The molecule has 0 amide bonds. The number of aromatic nitrogens is 1. The number of pyridine rings is 1. The fraction of sp³-hybridized carbons (Fsp3) is 0.296. The molecule has 6 heteroatoms. The van der Waals surface area contributed by atoms with Crippen LogP contribution in [0.5, 0.6) is 0 Å². The molecule has 0 aliphatic carbocycles. The second-order valence-electron chi connectivity index (χ2n) is 8.35. The van der Waals surface area contributed by atoms with Crippen LogP contribution < -0.4 is 0 Å². The van der Waals surface area contributed by atoms with Crippen LogP contribution in [0, 0.1) is 41.5 Å². The minimum atomic E-state index is 0.874. The first kappa shape index (κ1) is 27.7. The Bertz CT molecular complexity index is 1060. The number of aliphatic imine (C=N–C) groups is 2. The van der Waals surface area contributed by atoms with Crippen LogP contribution >= 0.6 is 28.2 Å².